The first-order valence-electron chi connectivity index (χ1n) is 8.92. The largest absolute Gasteiger partial charge is 0.616 e. The van der Waals surface area contributed by atoms with Crippen molar-refractivity contribution in [2.75, 3.05) is 23.0 Å². The van der Waals surface area contributed by atoms with Crippen LogP contribution in [-0.4, -0.2) is 55.7 Å². The van der Waals surface area contributed by atoms with Gasteiger partial charge in [-0.1, -0.05) is 5.21 Å². The molecule has 152 valence electrons. The smallest absolute Gasteiger partial charge is 0.414 e. The Kier molecular flexibility index (Phi) is 5.24. The van der Waals surface area contributed by atoms with Crippen molar-refractivity contribution in [1.29, 1.82) is 0 Å². The number of hydrogen-bond acceptors (Lipinski definition) is 6. The number of allylic oxidation sites excluding steroid dienone is 1. The van der Waals surface area contributed by atoms with Crippen molar-refractivity contribution in [3.8, 4) is 0 Å². The summed E-state index contributed by atoms with van der Waals surface area (Å²) in [6.07, 6.45) is 2.60. The highest BCUT2D eigenvalue weighted by atomic mass is 32.2. The van der Waals surface area contributed by atoms with Gasteiger partial charge in [0.25, 0.3) is 5.91 Å². The van der Waals surface area contributed by atoms with Crippen LogP contribution in [0.5, 0.6) is 0 Å². The summed E-state index contributed by atoms with van der Waals surface area (Å²) in [5, 5.41) is 7.41. The minimum absolute atomic E-state index is 0.0182. The lowest BCUT2D eigenvalue weighted by Gasteiger charge is -2.19. The second kappa shape index (κ2) is 7.84. The summed E-state index contributed by atoms with van der Waals surface area (Å²) in [4.78, 5) is 24.7. The van der Waals surface area contributed by atoms with Crippen molar-refractivity contribution in [1.82, 2.24) is 15.0 Å². The van der Waals surface area contributed by atoms with Crippen molar-refractivity contribution in [2.45, 2.75) is 19.1 Å². The molecule has 4 rings (SSSR count). The van der Waals surface area contributed by atoms with Crippen LogP contribution in [-0.2, 0) is 22.5 Å². The Morgan fingerprint density at radius 1 is 1.45 bits per heavy atom. The summed E-state index contributed by atoms with van der Waals surface area (Å²) in [7, 11) is 0. The summed E-state index contributed by atoms with van der Waals surface area (Å²) in [5.41, 5.74) is 6.82. The van der Waals surface area contributed by atoms with Gasteiger partial charge in [-0.15, -0.1) is 5.10 Å². The third kappa shape index (κ3) is 4.10. The van der Waals surface area contributed by atoms with Gasteiger partial charge in [-0.25, -0.2) is 13.9 Å². The molecule has 29 heavy (non-hydrogen) atoms. The normalized spacial score (nSPS) is 21.8. The minimum Gasteiger partial charge on any atom is -0.616 e. The number of carbonyl (C=O) groups excluding carboxylic acids is 2. The Labute approximate surface area is 168 Å². The van der Waals surface area contributed by atoms with Gasteiger partial charge in [0.2, 0.25) is 0 Å². The predicted molar refractivity (Wildman–Crippen MR) is 103 cm³/mol. The molecule has 2 N–H and O–H groups in total. The molecule has 2 aromatic rings. The van der Waals surface area contributed by atoms with Crippen LogP contribution in [0, 0.1) is 5.82 Å². The Morgan fingerprint density at radius 2 is 2.28 bits per heavy atom. The second-order valence-electron chi connectivity index (χ2n) is 6.76. The van der Waals surface area contributed by atoms with Gasteiger partial charge in [-0.2, -0.15) is 0 Å². The van der Waals surface area contributed by atoms with E-state index in [4.69, 9.17) is 10.5 Å². The molecule has 11 heteroatoms. The van der Waals surface area contributed by atoms with Gasteiger partial charge in [0.05, 0.1) is 25.0 Å². The number of carbonyl (C=O) groups is 2. The maximum atomic E-state index is 14.7. The zero-order valence-electron chi connectivity index (χ0n) is 15.3. The first kappa shape index (κ1) is 19.4. The molecule has 0 spiro atoms. The van der Waals surface area contributed by atoms with E-state index in [0.717, 1.165) is 5.57 Å². The van der Waals surface area contributed by atoms with E-state index in [1.807, 2.05) is 0 Å². The molecule has 2 atom stereocenters. The number of aromatic nitrogens is 3. The standard InChI is InChI=1S/C18H18FN5O4S/c19-15-7-12(1-2-14(15)11-3-5-29(27)6-4-11)24-9-13(28-18(24)26)8-23-10-16(17(20)25)21-22-23/h1-3,7,10,13H,4-6,8-9H2,(H2,20,25)/t13-,29?/m0/s1. The lowest BCUT2D eigenvalue weighted by Crippen LogP contribution is -2.26. The molecule has 9 nitrogen and oxygen atoms in total. The quantitative estimate of drug-likeness (QED) is 0.723. The van der Waals surface area contributed by atoms with Gasteiger partial charge in [0.1, 0.15) is 23.4 Å². The molecule has 1 saturated heterocycles. The van der Waals surface area contributed by atoms with E-state index in [1.165, 1.54) is 21.8 Å². The number of nitrogens with two attached hydrogens (primary N) is 1. The monoisotopic (exact) mass is 419 g/mol. The van der Waals surface area contributed by atoms with Gasteiger partial charge < -0.3 is 15.0 Å². The van der Waals surface area contributed by atoms with E-state index in [2.05, 4.69) is 10.3 Å². The fraction of sp³-hybridized carbons (Fsp3) is 0.333. The number of halogens is 1. The van der Waals surface area contributed by atoms with E-state index in [9.17, 15) is 18.5 Å². The van der Waals surface area contributed by atoms with Crippen molar-refractivity contribution in [2.24, 2.45) is 5.73 Å². The van der Waals surface area contributed by atoms with E-state index in [0.29, 0.717) is 29.2 Å². The SMILES string of the molecule is NC(=O)c1cn(C[C@H]2CN(c3ccc(C4=CC[S+]([O-])CC4)c(F)c3)C(=O)O2)nn1. The van der Waals surface area contributed by atoms with Crippen molar-refractivity contribution >= 4 is 34.4 Å². The molecule has 1 aromatic carbocycles. The van der Waals surface area contributed by atoms with Crippen LogP contribution in [0.4, 0.5) is 14.9 Å². The summed E-state index contributed by atoms with van der Waals surface area (Å²) in [6.45, 7) is 0.387. The van der Waals surface area contributed by atoms with E-state index < -0.39 is 35.1 Å². The molecular formula is C18H18FN5O4S. The van der Waals surface area contributed by atoms with Crippen LogP contribution in [0.3, 0.4) is 0 Å². The highest BCUT2D eigenvalue weighted by molar-refractivity contribution is 7.91. The second-order valence-corrected chi connectivity index (χ2v) is 8.38. The first-order valence-corrected chi connectivity index (χ1v) is 10.4. The highest BCUT2D eigenvalue weighted by Gasteiger charge is 2.33. The third-order valence-corrected chi connectivity index (χ3v) is 5.98. The maximum absolute atomic E-state index is 14.7. The summed E-state index contributed by atoms with van der Waals surface area (Å²) >= 11 is -0.880. The van der Waals surface area contributed by atoms with Gasteiger partial charge in [0, 0.05) is 12.0 Å². The van der Waals surface area contributed by atoms with E-state index >= 15 is 0 Å². The van der Waals surface area contributed by atoms with Crippen LogP contribution < -0.4 is 10.6 Å². The molecule has 1 unspecified atom stereocenters. The molecule has 2 aliphatic rings. The lowest BCUT2D eigenvalue weighted by molar-refractivity contribution is 0.0995. The molecular weight excluding hydrogens is 401 g/mol. The molecule has 0 aliphatic carbocycles. The van der Waals surface area contributed by atoms with Gasteiger partial charge in [-0.3, -0.25) is 9.69 Å². The number of anilines is 1. The molecule has 3 heterocycles. The van der Waals surface area contributed by atoms with E-state index in [-0.39, 0.29) is 18.8 Å². The minimum atomic E-state index is -0.880. The molecule has 0 saturated carbocycles. The highest BCUT2D eigenvalue weighted by Crippen LogP contribution is 2.30. The lowest BCUT2D eigenvalue weighted by atomic mass is 10.0. The van der Waals surface area contributed by atoms with Crippen molar-refractivity contribution < 1.29 is 23.3 Å². The summed E-state index contributed by atoms with van der Waals surface area (Å²) in [6, 6.07) is 4.59. The number of benzene rings is 1. The molecule has 1 fully saturated rings. The number of primary amides is 1. The first-order chi connectivity index (χ1) is 13.9. The topological polar surface area (TPSA) is 126 Å². The Morgan fingerprint density at radius 3 is 2.93 bits per heavy atom. The van der Waals surface area contributed by atoms with Crippen LogP contribution in [0.2, 0.25) is 0 Å². The Balaban J connectivity index is 1.46. The number of ether oxygens (including phenoxy) is 1. The number of amides is 2. The fourth-order valence-corrected chi connectivity index (χ4v) is 4.32. The van der Waals surface area contributed by atoms with Gasteiger partial charge >= 0.3 is 6.09 Å². The molecule has 0 radical (unpaired) electrons. The number of nitrogens with zero attached hydrogens (tertiary/aromatic N) is 4. The Hall–Kier alpha value is -2.92. The third-order valence-electron chi connectivity index (χ3n) is 4.78. The van der Waals surface area contributed by atoms with E-state index in [1.54, 1.807) is 18.2 Å². The number of hydrogen-bond donors (Lipinski definition) is 1. The van der Waals surface area contributed by atoms with Crippen LogP contribution >= 0.6 is 0 Å². The maximum Gasteiger partial charge on any atom is 0.414 e. The van der Waals surface area contributed by atoms with Crippen LogP contribution in [0.15, 0.2) is 30.5 Å². The van der Waals surface area contributed by atoms with Crippen molar-refractivity contribution in [3.63, 3.8) is 0 Å². The molecule has 2 amide bonds. The average molecular weight is 419 g/mol. The predicted octanol–water partition coefficient (Wildman–Crippen LogP) is 1.08. The molecule has 2 aliphatic heterocycles. The summed E-state index contributed by atoms with van der Waals surface area (Å²) in [5.74, 6) is -0.195. The fourth-order valence-electron chi connectivity index (χ4n) is 3.32. The van der Waals surface area contributed by atoms with Crippen molar-refractivity contribution in [3.05, 3.63) is 47.5 Å². The van der Waals surface area contributed by atoms with Gasteiger partial charge in [-0.05, 0) is 41.0 Å². The van der Waals surface area contributed by atoms with Crippen LogP contribution in [0.25, 0.3) is 5.57 Å². The summed E-state index contributed by atoms with van der Waals surface area (Å²) < 4.78 is 32.8. The Bertz CT molecular complexity index is 994. The van der Waals surface area contributed by atoms with Gasteiger partial charge in [0.15, 0.2) is 5.69 Å². The zero-order chi connectivity index (χ0) is 20.5. The number of rotatable bonds is 5. The molecule has 1 aromatic heterocycles. The zero-order valence-corrected chi connectivity index (χ0v) is 16.1. The molecule has 0 bridgehead atoms. The number of cyclic esters (lactones) is 1. The average Bonchev–Trinajstić information content (AvgIpc) is 3.29. The van der Waals surface area contributed by atoms with Crippen LogP contribution in [0.1, 0.15) is 22.5 Å².